The van der Waals surface area contributed by atoms with Crippen LogP contribution in [0.4, 0.5) is 0 Å². The second kappa shape index (κ2) is 7.04. The normalized spacial score (nSPS) is 18.6. The summed E-state index contributed by atoms with van der Waals surface area (Å²) < 4.78 is 19.8. The monoisotopic (exact) mass is 486 g/mol. The van der Waals surface area contributed by atoms with Gasteiger partial charge in [0, 0.05) is 0 Å². The number of hydrogen-bond acceptors (Lipinski definition) is 3. The summed E-state index contributed by atoms with van der Waals surface area (Å²) in [6.07, 6.45) is 1.08. The summed E-state index contributed by atoms with van der Waals surface area (Å²) >= 11 is -4.42. The average Bonchev–Trinajstić information content (AvgIpc) is 2.50. The van der Waals surface area contributed by atoms with Crippen LogP contribution < -0.4 is 6.15 Å². The molecule has 3 rings (SSSR count). The Morgan fingerprint density at radius 3 is 1.85 bits per heavy atom. The van der Waals surface area contributed by atoms with Crippen LogP contribution in [-0.2, 0) is 3.07 Å². The summed E-state index contributed by atoms with van der Waals surface area (Å²) in [5, 5.41) is 0. The maximum absolute atomic E-state index is 6.40. The maximum atomic E-state index is 6.40. The summed E-state index contributed by atoms with van der Waals surface area (Å²) in [7, 11) is 0. The van der Waals surface area contributed by atoms with Crippen molar-refractivity contribution >= 4 is 32.9 Å². The van der Waals surface area contributed by atoms with E-state index in [9.17, 15) is 0 Å². The molecule has 1 aliphatic rings. The molecule has 0 unspecified atom stereocenters. The van der Waals surface area contributed by atoms with Crippen LogP contribution in [0.1, 0.15) is 6.42 Å². The standard InChI is InChI=1S/2C6H6O.C3H6O.2Sn.2H/c2*7-6-4-2-1-3-5-6;1-2-3-4;;;;/h2*1-5,7H;1-3H2;;;;/q;;-1;+1;+2;;/p-2. The molecule has 20 heavy (non-hydrogen) atoms. The molecule has 5 heteroatoms. The van der Waals surface area contributed by atoms with Gasteiger partial charge in [-0.1, -0.05) is 0 Å². The Balaban J connectivity index is 1.81. The van der Waals surface area contributed by atoms with Gasteiger partial charge in [-0.05, 0) is 0 Å². The Bertz CT molecular complexity index is 484. The second-order valence-corrected chi connectivity index (χ2v) is 40.8. The third-order valence-electron chi connectivity index (χ3n) is 3.26. The summed E-state index contributed by atoms with van der Waals surface area (Å²) in [5.41, 5.74) is 0. The molecule has 0 saturated carbocycles. The van der Waals surface area contributed by atoms with Gasteiger partial charge in [0.05, 0.1) is 0 Å². The van der Waals surface area contributed by atoms with Gasteiger partial charge in [-0.25, -0.2) is 0 Å². The Labute approximate surface area is 131 Å². The molecule has 104 valence electrons. The van der Waals surface area contributed by atoms with Gasteiger partial charge in [-0.3, -0.25) is 0 Å². The van der Waals surface area contributed by atoms with Gasteiger partial charge in [0.1, 0.15) is 0 Å². The second-order valence-electron chi connectivity index (χ2n) is 4.90. The van der Waals surface area contributed by atoms with Gasteiger partial charge in [0.15, 0.2) is 0 Å². The molecule has 0 aromatic heterocycles. The van der Waals surface area contributed by atoms with Gasteiger partial charge < -0.3 is 0 Å². The summed E-state index contributed by atoms with van der Waals surface area (Å²) in [6, 6.07) is 20.1. The van der Waals surface area contributed by atoms with E-state index in [1.165, 1.54) is 0 Å². The molecule has 2 aromatic rings. The van der Waals surface area contributed by atoms with Crippen LogP contribution in [0.25, 0.3) is 0 Å². The molecule has 1 fully saturated rings. The van der Waals surface area contributed by atoms with Crippen LogP contribution in [0, 0.1) is 0 Å². The van der Waals surface area contributed by atoms with Gasteiger partial charge in [0.25, 0.3) is 0 Å². The van der Waals surface area contributed by atoms with Gasteiger partial charge >= 0.3 is 132 Å². The van der Waals surface area contributed by atoms with Crippen molar-refractivity contribution in [2.45, 2.75) is 10.9 Å². The van der Waals surface area contributed by atoms with Gasteiger partial charge in [0.2, 0.25) is 0 Å². The predicted octanol–water partition coefficient (Wildman–Crippen LogP) is 2.59. The first kappa shape index (κ1) is 14.5. The molecule has 0 N–H and O–H groups in total. The Morgan fingerprint density at radius 2 is 1.40 bits per heavy atom. The van der Waals surface area contributed by atoms with Crippen molar-refractivity contribution in [3.05, 3.63) is 60.7 Å². The van der Waals surface area contributed by atoms with Crippen LogP contribution >= 0.6 is 0 Å². The first-order chi connectivity index (χ1) is 9.86. The fourth-order valence-electron chi connectivity index (χ4n) is 2.33. The zero-order chi connectivity index (χ0) is 13.7. The van der Waals surface area contributed by atoms with E-state index in [1.807, 2.05) is 60.7 Å². The number of para-hydroxylation sites is 2. The van der Waals surface area contributed by atoms with E-state index in [1.54, 1.807) is 0 Å². The SMILES string of the molecule is c1ccc([O][Sn]2([O]c3ccccc3)[CH2]CC[O][SnH2]2)cc1. The van der Waals surface area contributed by atoms with E-state index in [-0.39, 0.29) is 0 Å². The minimum absolute atomic E-state index is 0.908. The van der Waals surface area contributed by atoms with Crippen molar-refractivity contribution in [1.29, 1.82) is 0 Å². The fraction of sp³-hybridized carbons (Fsp3) is 0.200. The first-order valence-corrected chi connectivity index (χ1v) is 28.5. The third-order valence-corrected chi connectivity index (χ3v) is 37.2. The molecular weight excluding hydrogens is 466 g/mol. The quantitative estimate of drug-likeness (QED) is 0.626. The van der Waals surface area contributed by atoms with Gasteiger partial charge in [-0.2, -0.15) is 0 Å². The Morgan fingerprint density at radius 1 is 0.850 bits per heavy atom. The first-order valence-electron chi connectivity index (χ1n) is 6.92. The van der Waals surface area contributed by atoms with Crippen LogP contribution in [0.2, 0.25) is 4.44 Å². The summed E-state index contributed by atoms with van der Waals surface area (Å²) in [5.74, 6) is 1.89. The van der Waals surface area contributed by atoms with E-state index in [0.717, 1.165) is 29.0 Å². The number of rotatable bonds is 4. The van der Waals surface area contributed by atoms with E-state index in [4.69, 9.17) is 9.22 Å². The zero-order valence-corrected chi connectivity index (χ0v) is 18.2. The van der Waals surface area contributed by atoms with Crippen molar-refractivity contribution in [3.63, 3.8) is 0 Å². The fourth-order valence-corrected chi connectivity index (χ4v) is 35.7. The van der Waals surface area contributed by atoms with Gasteiger partial charge in [-0.15, -0.1) is 0 Å². The van der Waals surface area contributed by atoms with E-state index < -0.39 is 32.9 Å². The average molecular weight is 484 g/mol. The zero-order valence-electron chi connectivity index (χ0n) is 11.3. The topological polar surface area (TPSA) is 27.7 Å². The van der Waals surface area contributed by atoms with Crippen LogP contribution in [-0.4, -0.2) is 39.5 Å². The molecule has 0 bridgehead atoms. The van der Waals surface area contributed by atoms with Crippen molar-refractivity contribution in [1.82, 2.24) is 0 Å². The minimum atomic E-state index is -3.02. The molecule has 0 atom stereocenters. The molecule has 0 radical (unpaired) electrons. The van der Waals surface area contributed by atoms with Crippen molar-refractivity contribution in [2.75, 3.05) is 6.61 Å². The molecular formula is C15H18O3Sn2. The molecule has 1 heterocycles. The molecule has 1 aliphatic heterocycles. The number of benzene rings is 2. The molecule has 2 aromatic carbocycles. The van der Waals surface area contributed by atoms with Crippen molar-refractivity contribution in [2.24, 2.45) is 0 Å². The molecule has 3 nitrogen and oxygen atoms in total. The van der Waals surface area contributed by atoms with Crippen LogP contribution in [0.5, 0.6) is 11.5 Å². The molecule has 0 amide bonds. The Kier molecular flexibility index (Phi) is 5.12. The van der Waals surface area contributed by atoms with Crippen LogP contribution in [0.15, 0.2) is 60.7 Å². The van der Waals surface area contributed by atoms with Crippen molar-refractivity contribution < 1.29 is 9.22 Å². The molecule has 0 aliphatic carbocycles. The molecule has 0 spiro atoms. The van der Waals surface area contributed by atoms with E-state index in [0.29, 0.717) is 0 Å². The van der Waals surface area contributed by atoms with E-state index >= 15 is 0 Å². The van der Waals surface area contributed by atoms with Crippen molar-refractivity contribution in [3.8, 4) is 11.5 Å². The molecule has 1 saturated heterocycles. The summed E-state index contributed by atoms with van der Waals surface area (Å²) in [6.45, 7) is 0.908. The van der Waals surface area contributed by atoms with E-state index in [2.05, 4.69) is 0 Å². The summed E-state index contributed by atoms with van der Waals surface area (Å²) in [4.78, 5) is 0. The predicted molar refractivity (Wildman–Crippen MR) is 83.8 cm³/mol. The third kappa shape index (κ3) is 3.83. The number of hydrogen-bond donors (Lipinski definition) is 0. The Hall–Kier alpha value is -0.403. The van der Waals surface area contributed by atoms with Crippen LogP contribution in [0.3, 0.4) is 0 Å².